The summed E-state index contributed by atoms with van der Waals surface area (Å²) in [5, 5.41) is -0.520. The van der Waals surface area contributed by atoms with Gasteiger partial charge in [0, 0.05) is 23.7 Å². The van der Waals surface area contributed by atoms with Crippen LogP contribution in [0.1, 0.15) is 31.7 Å². The molecule has 2 N–H and O–H groups in total. The first-order chi connectivity index (χ1) is 9.50. The topological polar surface area (TPSA) is 63.4 Å². The largest absolute Gasteiger partial charge is 0.399 e. The van der Waals surface area contributed by atoms with Crippen LogP contribution in [-0.4, -0.2) is 33.4 Å². The van der Waals surface area contributed by atoms with Crippen molar-refractivity contribution in [3.8, 4) is 0 Å². The van der Waals surface area contributed by atoms with Gasteiger partial charge in [0.05, 0.1) is 10.8 Å². The predicted octanol–water partition coefficient (Wildman–Crippen LogP) is 2.09. The molecule has 2 unspecified atom stereocenters. The molecular weight excluding hydrogens is 272 g/mol. The highest BCUT2D eigenvalue weighted by Gasteiger charge is 2.28. The molecule has 0 aromatic heterocycles. The molecule has 0 bridgehead atoms. The Morgan fingerprint density at radius 3 is 2.60 bits per heavy atom. The van der Waals surface area contributed by atoms with Crippen LogP contribution in [0.4, 0.5) is 5.69 Å². The summed E-state index contributed by atoms with van der Waals surface area (Å²) in [5.74, 6) is -0.00939. The number of benzene rings is 1. The summed E-state index contributed by atoms with van der Waals surface area (Å²) in [5.41, 5.74) is 7.25. The maximum absolute atomic E-state index is 12.6. The van der Waals surface area contributed by atoms with Crippen LogP contribution in [0.15, 0.2) is 23.1 Å². The molecule has 110 valence electrons. The molecule has 0 saturated carbocycles. The van der Waals surface area contributed by atoms with E-state index in [0.29, 0.717) is 10.6 Å². The number of nitrogens with two attached hydrogens (primary N) is 1. The van der Waals surface area contributed by atoms with Crippen LogP contribution < -0.4 is 5.73 Å². The number of hydrogen-bond donors (Lipinski definition) is 1. The summed E-state index contributed by atoms with van der Waals surface area (Å²) in [4.78, 5) is 14.9. The standard InChI is InChI=1S/C15H22N2O2S/c1-11-6-7-13(16)10-14(11)20(19)12(2)15(18)17-8-4-3-5-9-17/h6-7,10,12H,3-5,8-9,16H2,1-2H3. The summed E-state index contributed by atoms with van der Waals surface area (Å²) in [6.07, 6.45) is 3.26. The summed E-state index contributed by atoms with van der Waals surface area (Å²) < 4.78 is 12.6. The number of rotatable bonds is 3. The fourth-order valence-electron chi connectivity index (χ4n) is 2.49. The molecule has 1 aliphatic rings. The molecule has 1 heterocycles. The SMILES string of the molecule is Cc1ccc(N)cc1S(=O)C(C)C(=O)N1CCCCC1. The number of amides is 1. The second-order valence-electron chi connectivity index (χ2n) is 5.35. The van der Waals surface area contributed by atoms with Crippen molar-refractivity contribution < 1.29 is 9.00 Å². The minimum Gasteiger partial charge on any atom is -0.399 e. The van der Waals surface area contributed by atoms with Crippen molar-refractivity contribution in [2.75, 3.05) is 18.8 Å². The van der Waals surface area contributed by atoms with Crippen LogP contribution in [0.25, 0.3) is 0 Å². The predicted molar refractivity (Wildman–Crippen MR) is 81.9 cm³/mol. The van der Waals surface area contributed by atoms with E-state index >= 15 is 0 Å². The van der Waals surface area contributed by atoms with E-state index in [1.54, 1.807) is 19.1 Å². The normalized spacial score (nSPS) is 18.6. The zero-order valence-electron chi connectivity index (χ0n) is 12.1. The monoisotopic (exact) mass is 294 g/mol. The fraction of sp³-hybridized carbons (Fsp3) is 0.533. The lowest BCUT2D eigenvalue weighted by Crippen LogP contribution is -2.42. The van der Waals surface area contributed by atoms with Gasteiger partial charge in [0.25, 0.3) is 0 Å². The lowest BCUT2D eigenvalue weighted by Gasteiger charge is -2.29. The first kappa shape index (κ1) is 15.0. The number of carbonyl (C=O) groups excluding carboxylic acids is 1. The molecule has 5 heteroatoms. The zero-order valence-corrected chi connectivity index (χ0v) is 12.9. The molecule has 0 aliphatic carbocycles. The van der Waals surface area contributed by atoms with Gasteiger partial charge in [-0.2, -0.15) is 0 Å². The molecule has 1 aromatic rings. The van der Waals surface area contributed by atoms with Gasteiger partial charge in [-0.05, 0) is 50.8 Å². The summed E-state index contributed by atoms with van der Waals surface area (Å²) in [7, 11) is -1.35. The van der Waals surface area contributed by atoms with Crippen molar-refractivity contribution in [2.24, 2.45) is 0 Å². The van der Waals surface area contributed by atoms with Crippen LogP contribution in [0.5, 0.6) is 0 Å². The van der Waals surface area contributed by atoms with E-state index in [2.05, 4.69) is 0 Å². The number of carbonyl (C=O) groups is 1. The maximum atomic E-state index is 12.6. The molecular formula is C15H22N2O2S. The van der Waals surface area contributed by atoms with Crippen molar-refractivity contribution >= 4 is 22.4 Å². The Hall–Kier alpha value is -1.36. The zero-order chi connectivity index (χ0) is 14.7. The Balaban J connectivity index is 2.15. The Labute approximate surface area is 122 Å². The van der Waals surface area contributed by atoms with E-state index in [-0.39, 0.29) is 5.91 Å². The van der Waals surface area contributed by atoms with Crippen molar-refractivity contribution in [2.45, 2.75) is 43.3 Å². The number of nitrogens with zero attached hydrogens (tertiary/aromatic N) is 1. The lowest BCUT2D eigenvalue weighted by atomic mass is 10.1. The average Bonchev–Trinajstić information content (AvgIpc) is 2.48. The van der Waals surface area contributed by atoms with Crippen LogP contribution >= 0.6 is 0 Å². The third kappa shape index (κ3) is 3.20. The van der Waals surface area contributed by atoms with Crippen molar-refractivity contribution in [1.82, 2.24) is 4.90 Å². The Kier molecular flexibility index (Phi) is 4.81. The minimum absolute atomic E-state index is 0.00939. The van der Waals surface area contributed by atoms with Crippen molar-refractivity contribution in [3.05, 3.63) is 23.8 Å². The third-order valence-electron chi connectivity index (χ3n) is 3.77. The molecule has 1 saturated heterocycles. The molecule has 1 amide bonds. The first-order valence-electron chi connectivity index (χ1n) is 7.06. The summed E-state index contributed by atoms with van der Waals surface area (Å²) in [6.45, 7) is 5.22. The second kappa shape index (κ2) is 6.39. The molecule has 4 nitrogen and oxygen atoms in total. The highest BCUT2D eigenvalue weighted by molar-refractivity contribution is 7.86. The van der Waals surface area contributed by atoms with Crippen LogP contribution in [0, 0.1) is 6.92 Å². The molecule has 0 radical (unpaired) electrons. The van der Waals surface area contributed by atoms with Gasteiger partial charge in [-0.15, -0.1) is 0 Å². The van der Waals surface area contributed by atoms with Gasteiger partial charge in [-0.1, -0.05) is 6.07 Å². The smallest absolute Gasteiger partial charge is 0.238 e. The Morgan fingerprint density at radius 2 is 1.95 bits per heavy atom. The fourth-order valence-corrected chi connectivity index (χ4v) is 3.84. The van der Waals surface area contributed by atoms with Crippen LogP contribution in [-0.2, 0) is 15.6 Å². The van der Waals surface area contributed by atoms with Gasteiger partial charge in [-0.3, -0.25) is 9.00 Å². The molecule has 1 aliphatic heterocycles. The Morgan fingerprint density at radius 1 is 1.30 bits per heavy atom. The van der Waals surface area contributed by atoms with Gasteiger partial charge in [-0.25, -0.2) is 0 Å². The molecule has 2 atom stereocenters. The summed E-state index contributed by atoms with van der Waals surface area (Å²) >= 11 is 0. The number of aryl methyl sites for hydroxylation is 1. The number of piperidine rings is 1. The quantitative estimate of drug-likeness (QED) is 0.868. The number of anilines is 1. The first-order valence-corrected chi connectivity index (χ1v) is 8.27. The lowest BCUT2D eigenvalue weighted by molar-refractivity contribution is -0.131. The van der Waals surface area contributed by atoms with Crippen molar-refractivity contribution in [1.29, 1.82) is 0 Å². The van der Waals surface area contributed by atoms with Crippen LogP contribution in [0.2, 0.25) is 0 Å². The molecule has 2 rings (SSSR count). The molecule has 1 aromatic carbocycles. The Bertz CT molecular complexity index is 525. The van der Waals surface area contributed by atoms with E-state index in [0.717, 1.165) is 31.5 Å². The van der Waals surface area contributed by atoms with E-state index in [1.807, 2.05) is 17.9 Å². The molecule has 1 fully saturated rings. The third-order valence-corrected chi connectivity index (χ3v) is 5.48. The highest BCUT2D eigenvalue weighted by atomic mass is 32.2. The van der Waals surface area contributed by atoms with Crippen molar-refractivity contribution in [3.63, 3.8) is 0 Å². The van der Waals surface area contributed by atoms with E-state index < -0.39 is 16.0 Å². The van der Waals surface area contributed by atoms with E-state index in [9.17, 15) is 9.00 Å². The van der Waals surface area contributed by atoms with Gasteiger partial charge in [0.2, 0.25) is 5.91 Å². The highest BCUT2D eigenvalue weighted by Crippen LogP contribution is 2.21. The van der Waals surface area contributed by atoms with E-state index in [1.165, 1.54) is 6.42 Å². The van der Waals surface area contributed by atoms with E-state index in [4.69, 9.17) is 5.73 Å². The number of nitrogen functional groups attached to an aromatic ring is 1. The van der Waals surface area contributed by atoms with Gasteiger partial charge in [0.1, 0.15) is 5.25 Å². The molecule has 20 heavy (non-hydrogen) atoms. The maximum Gasteiger partial charge on any atom is 0.238 e. The van der Waals surface area contributed by atoms with Gasteiger partial charge >= 0.3 is 0 Å². The van der Waals surface area contributed by atoms with Gasteiger partial charge < -0.3 is 10.6 Å². The van der Waals surface area contributed by atoms with Crippen LogP contribution in [0.3, 0.4) is 0 Å². The average molecular weight is 294 g/mol. The second-order valence-corrected chi connectivity index (χ2v) is 7.09. The summed E-state index contributed by atoms with van der Waals surface area (Å²) in [6, 6.07) is 5.35. The number of likely N-dealkylation sites (tertiary alicyclic amines) is 1. The molecule has 0 spiro atoms. The number of hydrogen-bond acceptors (Lipinski definition) is 3. The van der Waals surface area contributed by atoms with Gasteiger partial charge in [0.15, 0.2) is 0 Å². The minimum atomic E-state index is -1.35.